The number of aliphatic hydroxyl groups is 1. The lowest BCUT2D eigenvalue weighted by Crippen LogP contribution is -2.22. The Morgan fingerprint density at radius 2 is 2.10 bits per heavy atom. The monoisotopic (exact) mass is 416 g/mol. The number of esters is 1. The van der Waals surface area contributed by atoms with Gasteiger partial charge in [0.05, 0.1) is 18.7 Å². The molecule has 3 N–H and O–H groups in total. The first-order valence-electron chi connectivity index (χ1n) is 9.51. The topological polar surface area (TPSA) is 83.6 Å². The summed E-state index contributed by atoms with van der Waals surface area (Å²) >= 11 is 5.96. The van der Waals surface area contributed by atoms with Crippen molar-refractivity contribution in [1.29, 1.82) is 0 Å². The number of benzene rings is 2. The minimum Gasteiger partial charge on any atom is -0.480 e. The number of ether oxygens (including phenoxy) is 2. The maximum Gasteiger partial charge on any atom is 0.343 e. The second-order valence-electron chi connectivity index (χ2n) is 6.74. The van der Waals surface area contributed by atoms with Crippen molar-refractivity contribution in [2.24, 2.45) is 0 Å². The van der Waals surface area contributed by atoms with Crippen LogP contribution in [-0.2, 0) is 16.0 Å². The van der Waals surface area contributed by atoms with Crippen molar-refractivity contribution < 1.29 is 19.4 Å². The number of rotatable bonds is 10. The number of H-pyrrole nitrogens is 1. The zero-order valence-electron chi connectivity index (χ0n) is 16.3. The SMILES string of the molecule is COC(=O)COc1cccc2c(CCCNCC(O)c3cccc(Cl)c3)c[nH]c12. The molecule has 0 spiro atoms. The first-order chi connectivity index (χ1) is 14.1. The number of carbonyl (C=O) groups is 1. The van der Waals surface area contributed by atoms with Crippen LogP contribution >= 0.6 is 11.6 Å². The van der Waals surface area contributed by atoms with Crippen LogP contribution in [0.15, 0.2) is 48.7 Å². The molecule has 0 aliphatic carbocycles. The number of fused-ring (bicyclic) bond motifs is 1. The molecule has 0 fully saturated rings. The Morgan fingerprint density at radius 1 is 1.28 bits per heavy atom. The van der Waals surface area contributed by atoms with Gasteiger partial charge in [-0.2, -0.15) is 0 Å². The van der Waals surface area contributed by atoms with E-state index in [4.69, 9.17) is 16.3 Å². The second-order valence-corrected chi connectivity index (χ2v) is 7.17. The van der Waals surface area contributed by atoms with Gasteiger partial charge in [-0.15, -0.1) is 0 Å². The molecule has 0 saturated heterocycles. The van der Waals surface area contributed by atoms with Gasteiger partial charge >= 0.3 is 5.97 Å². The Kier molecular flexibility index (Phi) is 7.52. The van der Waals surface area contributed by atoms with E-state index in [-0.39, 0.29) is 6.61 Å². The lowest BCUT2D eigenvalue weighted by atomic mass is 10.1. The minimum absolute atomic E-state index is 0.122. The van der Waals surface area contributed by atoms with Crippen LogP contribution in [0.2, 0.25) is 5.02 Å². The molecule has 0 saturated carbocycles. The van der Waals surface area contributed by atoms with Crippen molar-refractivity contribution in [3.8, 4) is 5.75 Å². The molecule has 1 aromatic heterocycles. The van der Waals surface area contributed by atoms with Crippen LogP contribution in [0.3, 0.4) is 0 Å². The molecular formula is C22H25ClN2O4. The van der Waals surface area contributed by atoms with E-state index in [0.29, 0.717) is 17.3 Å². The Labute approximate surface area is 174 Å². The summed E-state index contributed by atoms with van der Waals surface area (Å²) in [4.78, 5) is 14.5. The molecule has 6 nitrogen and oxygen atoms in total. The molecule has 154 valence electrons. The molecule has 29 heavy (non-hydrogen) atoms. The summed E-state index contributed by atoms with van der Waals surface area (Å²) in [5.41, 5.74) is 2.86. The smallest absolute Gasteiger partial charge is 0.343 e. The predicted molar refractivity (Wildman–Crippen MR) is 113 cm³/mol. The van der Waals surface area contributed by atoms with Crippen LogP contribution in [0.5, 0.6) is 5.75 Å². The van der Waals surface area contributed by atoms with Gasteiger partial charge < -0.3 is 24.9 Å². The minimum atomic E-state index is -0.587. The third-order valence-electron chi connectivity index (χ3n) is 4.71. The average Bonchev–Trinajstić information content (AvgIpc) is 3.15. The molecule has 0 aliphatic rings. The third kappa shape index (κ3) is 5.73. The maximum absolute atomic E-state index is 11.3. The van der Waals surface area contributed by atoms with Crippen LogP contribution in [0, 0.1) is 0 Å². The predicted octanol–water partition coefficient (Wildman–Crippen LogP) is 3.63. The number of hydrogen-bond donors (Lipinski definition) is 3. The van der Waals surface area contributed by atoms with Crippen LogP contribution in [0.1, 0.15) is 23.7 Å². The lowest BCUT2D eigenvalue weighted by Gasteiger charge is -2.12. The van der Waals surface area contributed by atoms with Gasteiger partial charge in [-0.25, -0.2) is 4.79 Å². The highest BCUT2D eigenvalue weighted by Crippen LogP contribution is 2.28. The third-order valence-corrected chi connectivity index (χ3v) is 4.94. The molecule has 1 atom stereocenters. The van der Waals surface area contributed by atoms with Gasteiger partial charge in [0.25, 0.3) is 0 Å². The van der Waals surface area contributed by atoms with E-state index in [1.807, 2.05) is 36.5 Å². The Bertz CT molecular complexity index is 957. The average molecular weight is 417 g/mol. The molecule has 0 radical (unpaired) electrons. The molecule has 0 aliphatic heterocycles. The molecule has 0 bridgehead atoms. The fourth-order valence-corrected chi connectivity index (χ4v) is 3.38. The molecule has 1 unspecified atom stereocenters. The number of aromatic nitrogens is 1. The van der Waals surface area contributed by atoms with Crippen molar-refractivity contribution in [2.75, 3.05) is 26.8 Å². The summed E-state index contributed by atoms with van der Waals surface area (Å²) in [5, 5.41) is 15.2. The Morgan fingerprint density at radius 3 is 2.90 bits per heavy atom. The number of halogens is 1. The van der Waals surface area contributed by atoms with Gasteiger partial charge in [0.2, 0.25) is 0 Å². The highest BCUT2D eigenvalue weighted by Gasteiger charge is 2.11. The van der Waals surface area contributed by atoms with Crippen molar-refractivity contribution in [2.45, 2.75) is 18.9 Å². The fraction of sp³-hybridized carbons (Fsp3) is 0.318. The van der Waals surface area contributed by atoms with Crippen molar-refractivity contribution in [3.05, 3.63) is 64.8 Å². The highest BCUT2D eigenvalue weighted by atomic mass is 35.5. The summed E-state index contributed by atoms with van der Waals surface area (Å²) in [7, 11) is 1.33. The molecule has 1 heterocycles. The molecule has 3 rings (SSSR count). The van der Waals surface area contributed by atoms with E-state index in [0.717, 1.165) is 35.9 Å². The van der Waals surface area contributed by atoms with Crippen molar-refractivity contribution in [3.63, 3.8) is 0 Å². The number of aryl methyl sites for hydroxylation is 1. The van der Waals surface area contributed by atoms with Gasteiger partial charge in [0.15, 0.2) is 6.61 Å². The summed E-state index contributed by atoms with van der Waals surface area (Å²) < 4.78 is 10.2. The van der Waals surface area contributed by atoms with Gasteiger partial charge in [-0.05, 0) is 48.7 Å². The molecule has 0 amide bonds. The van der Waals surface area contributed by atoms with Crippen LogP contribution < -0.4 is 10.1 Å². The maximum atomic E-state index is 11.3. The molecule has 3 aromatic rings. The lowest BCUT2D eigenvalue weighted by molar-refractivity contribution is -0.142. The van der Waals surface area contributed by atoms with E-state index in [2.05, 4.69) is 15.0 Å². The normalized spacial score (nSPS) is 12.1. The fourth-order valence-electron chi connectivity index (χ4n) is 3.18. The largest absolute Gasteiger partial charge is 0.480 e. The van der Waals surface area contributed by atoms with Gasteiger partial charge in [0.1, 0.15) is 5.75 Å². The number of nitrogens with one attached hydrogen (secondary N) is 2. The van der Waals surface area contributed by atoms with Gasteiger partial charge in [-0.3, -0.25) is 0 Å². The summed E-state index contributed by atoms with van der Waals surface area (Å²) in [6.45, 7) is 1.13. The van der Waals surface area contributed by atoms with E-state index in [1.165, 1.54) is 12.7 Å². The zero-order chi connectivity index (χ0) is 20.6. The van der Waals surface area contributed by atoms with Gasteiger partial charge in [-0.1, -0.05) is 35.9 Å². The summed E-state index contributed by atoms with van der Waals surface area (Å²) in [6, 6.07) is 13.0. The molecule has 2 aromatic carbocycles. The number of hydrogen-bond acceptors (Lipinski definition) is 5. The standard InChI is InChI=1S/C22H25ClN2O4/c1-28-21(27)14-29-20-9-3-8-18-16(12-25-22(18)20)6-4-10-24-13-19(26)15-5-2-7-17(23)11-15/h2-3,5,7-9,11-12,19,24-26H,4,6,10,13-14H2,1H3. The highest BCUT2D eigenvalue weighted by molar-refractivity contribution is 6.30. The number of aliphatic hydroxyl groups excluding tert-OH is 1. The first-order valence-corrected chi connectivity index (χ1v) is 9.89. The van der Waals surface area contributed by atoms with Crippen LogP contribution in [0.25, 0.3) is 10.9 Å². The second kappa shape index (κ2) is 10.3. The van der Waals surface area contributed by atoms with Crippen LogP contribution in [0.4, 0.5) is 0 Å². The number of carbonyl (C=O) groups excluding carboxylic acids is 1. The number of methoxy groups -OCH3 is 1. The zero-order valence-corrected chi connectivity index (χ0v) is 17.0. The number of aromatic amines is 1. The van der Waals surface area contributed by atoms with E-state index in [1.54, 1.807) is 12.1 Å². The van der Waals surface area contributed by atoms with Crippen molar-refractivity contribution >= 4 is 28.5 Å². The molecule has 7 heteroatoms. The van der Waals surface area contributed by atoms with Crippen LogP contribution in [-0.4, -0.2) is 42.9 Å². The van der Waals surface area contributed by atoms with Crippen molar-refractivity contribution in [1.82, 2.24) is 10.3 Å². The summed E-state index contributed by atoms with van der Waals surface area (Å²) in [6.07, 6.45) is 3.18. The quantitative estimate of drug-likeness (QED) is 0.347. The van der Waals surface area contributed by atoms with E-state index >= 15 is 0 Å². The number of para-hydroxylation sites is 1. The molecular weight excluding hydrogens is 392 g/mol. The summed E-state index contributed by atoms with van der Waals surface area (Å²) in [5.74, 6) is 0.210. The van der Waals surface area contributed by atoms with E-state index < -0.39 is 12.1 Å². The van der Waals surface area contributed by atoms with Gasteiger partial charge in [0, 0.05) is 23.2 Å². The van der Waals surface area contributed by atoms with E-state index in [9.17, 15) is 9.90 Å². The Hall–Kier alpha value is -2.54. The first kappa shape index (κ1) is 21.2. The Balaban J connectivity index is 1.49.